The molecule has 2 saturated heterocycles. The molecule has 26 heavy (non-hydrogen) atoms. The summed E-state index contributed by atoms with van der Waals surface area (Å²) in [6.45, 7) is 1.95. The van der Waals surface area contributed by atoms with E-state index in [2.05, 4.69) is 5.43 Å². The van der Waals surface area contributed by atoms with Gasteiger partial charge >= 0.3 is 5.97 Å². The molecule has 3 heterocycles. The lowest BCUT2D eigenvalue weighted by molar-refractivity contribution is -0.145. The number of hydrogen-bond donors (Lipinski definition) is 1. The van der Waals surface area contributed by atoms with Crippen molar-refractivity contribution in [2.75, 3.05) is 6.61 Å². The van der Waals surface area contributed by atoms with E-state index in [1.807, 2.05) is 0 Å². The number of amides is 3. The predicted molar refractivity (Wildman–Crippen MR) is 86.5 cm³/mol. The number of hydrogen-bond acceptors (Lipinski definition) is 6. The van der Waals surface area contributed by atoms with Crippen LogP contribution in [0.25, 0.3) is 0 Å². The average Bonchev–Trinajstić information content (AvgIpc) is 3.32. The van der Waals surface area contributed by atoms with Crippen LogP contribution >= 0.6 is 0 Å². The van der Waals surface area contributed by atoms with Crippen molar-refractivity contribution in [3.05, 3.63) is 47.5 Å². The summed E-state index contributed by atoms with van der Waals surface area (Å²) < 4.78 is 10.4. The predicted octanol–water partition coefficient (Wildman–Crippen LogP) is 0.446. The van der Waals surface area contributed by atoms with Gasteiger partial charge in [0.15, 0.2) is 0 Å². The van der Waals surface area contributed by atoms with E-state index >= 15 is 0 Å². The third-order valence-corrected chi connectivity index (χ3v) is 4.78. The summed E-state index contributed by atoms with van der Waals surface area (Å²) in [6, 6.07) is 5.77. The number of rotatable bonds is 4. The zero-order valence-electron chi connectivity index (χ0n) is 13.9. The third-order valence-electron chi connectivity index (χ3n) is 4.78. The van der Waals surface area contributed by atoms with Gasteiger partial charge in [-0.3, -0.25) is 19.8 Å². The maximum Gasteiger partial charge on any atom is 0.338 e. The van der Waals surface area contributed by atoms with Gasteiger partial charge in [0, 0.05) is 5.56 Å². The highest BCUT2D eigenvalue weighted by molar-refractivity contribution is 6.09. The molecule has 3 aliphatic rings. The first-order valence-corrected chi connectivity index (χ1v) is 8.31. The summed E-state index contributed by atoms with van der Waals surface area (Å²) in [7, 11) is 0. The van der Waals surface area contributed by atoms with Crippen LogP contribution in [0.3, 0.4) is 0 Å². The lowest BCUT2D eigenvalue weighted by Crippen LogP contribution is -2.47. The van der Waals surface area contributed by atoms with Crippen LogP contribution in [0.5, 0.6) is 0 Å². The van der Waals surface area contributed by atoms with Gasteiger partial charge in [0.25, 0.3) is 17.7 Å². The van der Waals surface area contributed by atoms with Crippen LogP contribution in [-0.4, -0.2) is 47.5 Å². The summed E-state index contributed by atoms with van der Waals surface area (Å²) in [6.07, 6.45) is 2.73. The summed E-state index contributed by atoms with van der Waals surface area (Å²) in [4.78, 5) is 49.0. The molecule has 0 spiro atoms. The van der Waals surface area contributed by atoms with Gasteiger partial charge in [-0.2, -0.15) is 5.01 Å². The number of carbonyl (C=O) groups is 4. The molecule has 4 atom stereocenters. The van der Waals surface area contributed by atoms with E-state index in [9.17, 15) is 19.2 Å². The Kier molecular flexibility index (Phi) is 3.84. The number of imide groups is 1. The number of hydrazine groups is 1. The Bertz CT molecular complexity index is 801. The first-order chi connectivity index (χ1) is 12.5. The van der Waals surface area contributed by atoms with Gasteiger partial charge in [0.05, 0.1) is 36.2 Å². The summed E-state index contributed by atoms with van der Waals surface area (Å²) in [5, 5.41) is 0.784. The number of nitrogens with one attached hydrogen (secondary N) is 1. The van der Waals surface area contributed by atoms with Crippen LogP contribution in [0.2, 0.25) is 0 Å². The van der Waals surface area contributed by atoms with Crippen molar-refractivity contribution >= 4 is 23.7 Å². The molecule has 2 fully saturated rings. The Morgan fingerprint density at radius 3 is 2.12 bits per heavy atom. The number of benzene rings is 1. The van der Waals surface area contributed by atoms with Crippen LogP contribution in [0.15, 0.2) is 36.4 Å². The molecule has 3 amide bonds. The maximum atomic E-state index is 12.5. The van der Waals surface area contributed by atoms with E-state index in [1.165, 1.54) is 24.3 Å². The highest BCUT2D eigenvalue weighted by Gasteiger charge is 2.61. The molecule has 1 aromatic carbocycles. The van der Waals surface area contributed by atoms with E-state index in [4.69, 9.17) is 9.47 Å². The van der Waals surface area contributed by atoms with Crippen LogP contribution in [-0.2, 0) is 19.1 Å². The zero-order valence-corrected chi connectivity index (χ0v) is 13.9. The topological polar surface area (TPSA) is 102 Å². The van der Waals surface area contributed by atoms with Crippen molar-refractivity contribution in [2.24, 2.45) is 11.8 Å². The SMILES string of the molecule is CCOC(=O)c1ccc(C(=O)NN2C(=O)[C@H]3[C@H](C2=O)[C@H]2C=C[C@H]3O2)cc1. The Labute approximate surface area is 148 Å². The van der Waals surface area contributed by atoms with Crippen molar-refractivity contribution < 1.29 is 28.7 Å². The molecule has 1 aromatic rings. The van der Waals surface area contributed by atoms with E-state index in [0.717, 1.165) is 5.01 Å². The molecule has 0 saturated carbocycles. The lowest BCUT2D eigenvalue weighted by atomic mass is 9.85. The van der Waals surface area contributed by atoms with E-state index in [1.54, 1.807) is 19.1 Å². The lowest BCUT2D eigenvalue weighted by Gasteiger charge is -2.18. The Hall–Kier alpha value is -3.00. The molecule has 1 N–H and O–H groups in total. The molecule has 0 aliphatic carbocycles. The second-order valence-electron chi connectivity index (χ2n) is 6.25. The minimum Gasteiger partial charge on any atom is -0.462 e. The number of ether oxygens (including phenoxy) is 2. The highest BCUT2D eigenvalue weighted by atomic mass is 16.5. The molecule has 2 bridgehead atoms. The first kappa shape index (κ1) is 16.5. The minimum atomic E-state index is -0.608. The van der Waals surface area contributed by atoms with Crippen LogP contribution < -0.4 is 5.43 Å². The van der Waals surface area contributed by atoms with Crippen LogP contribution in [0.4, 0.5) is 0 Å². The molecular weight excluding hydrogens is 340 g/mol. The number of esters is 1. The van der Waals surface area contributed by atoms with Crippen LogP contribution in [0, 0.1) is 11.8 Å². The summed E-state index contributed by atoms with van der Waals surface area (Å²) in [5.74, 6) is -3.18. The third kappa shape index (κ3) is 2.41. The Morgan fingerprint density at radius 2 is 1.58 bits per heavy atom. The zero-order chi connectivity index (χ0) is 18.4. The second-order valence-corrected chi connectivity index (χ2v) is 6.25. The fraction of sp³-hybridized carbons (Fsp3) is 0.333. The van der Waals surface area contributed by atoms with E-state index < -0.39 is 47.7 Å². The number of carbonyl (C=O) groups excluding carboxylic acids is 4. The normalized spacial score (nSPS) is 28.4. The van der Waals surface area contributed by atoms with Crippen molar-refractivity contribution in [1.29, 1.82) is 0 Å². The van der Waals surface area contributed by atoms with Gasteiger partial charge in [-0.05, 0) is 31.2 Å². The fourth-order valence-electron chi connectivity index (χ4n) is 3.55. The largest absolute Gasteiger partial charge is 0.462 e. The molecule has 0 aromatic heterocycles. The van der Waals surface area contributed by atoms with Gasteiger partial charge in [0.2, 0.25) is 0 Å². The van der Waals surface area contributed by atoms with Gasteiger partial charge in [-0.15, -0.1) is 0 Å². The van der Waals surface area contributed by atoms with Gasteiger partial charge in [-0.1, -0.05) is 12.2 Å². The van der Waals surface area contributed by atoms with E-state index in [-0.39, 0.29) is 12.2 Å². The van der Waals surface area contributed by atoms with Gasteiger partial charge in [-0.25, -0.2) is 4.79 Å². The number of fused-ring (bicyclic) bond motifs is 5. The molecule has 4 rings (SSSR count). The Balaban J connectivity index is 1.46. The van der Waals surface area contributed by atoms with Crippen molar-refractivity contribution in [1.82, 2.24) is 10.4 Å². The first-order valence-electron chi connectivity index (χ1n) is 8.31. The monoisotopic (exact) mass is 356 g/mol. The fourth-order valence-corrected chi connectivity index (χ4v) is 3.55. The molecule has 0 unspecified atom stereocenters. The van der Waals surface area contributed by atoms with Gasteiger partial charge < -0.3 is 9.47 Å². The molecule has 3 aliphatic heterocycles. The maximum absolute atomic E-state index is 12.5. The summed E-state index contributed by atoms with van der Waals surface area (Å²) >= 11 is 0. The molecular formula is C18H16N2O6. The van der Waals surface area contributed by atoms with Gasteiger partial charge in [0.1, 0.15) is 0 Å². The van der Waals surface area contributed by atoms with Crippen molar-refractivity contribution in [3.63, 3.8) is 0 Å². The van der Waals surface area contributed by atoms with Crippen molar-refractivity contribution in [3.8, 4) is 0 Å². The number of nitrogens with zero attached hydrogens (tertiary/aromatic N) is 1. The average molecular weight is 356 g/mol. The minimum absolute atomic E-state index is 0.216. The standard InChI is InChI=1S/C18H16N2O6/c1-2-25-18(24)10-5-3-9(4-6-10)15(21)19-20-16(22)13-11-7-8-12(26-11)14(13)17(20)23/h3-8,11-14H,2H2,1H3,(H,19,21)/t11-,12-,13-,14-/m1/s1. The Morgan fingerprint density at radius 1 is 1.04 bits per heavy atom. The molecule has 134 valence electrons. The highest BCUT2D eigenvalue weighted by Crippen LogP contribution is 2.44. The summed E-state index contributed by atoms with van der Waals surface area (Å²) in [5.41, 5.74) is 2.89. The second kappa shape index (κ2) is 6.06. The quantitative estimate of drug-likeness (QED) is 0.477. The molecule has 8 nitrogen and oxygen atoms in total. The van der Waals surface area contributed by atoms with E-state index in [0.29, 0.717) is 5.56 Å². The molecule has 0 radical (unpaired) electrons. The smallest absolute Gasteiger partial charge is 0.338 e. The van der Waals surface area contributed by atoms with Crippen LogP contribution in [0.1, 0.15) is 27.6 Å². The molecule has 8 heteroatoms. The van der Waals surface area contributed by atoms with Crippen molar-refractivity contribution in [2.45, 2.75) is 19.1 Å².